The largest absolute Gasteiger partial charge is 0.478 e. The van der Waals surface area contributed by atoms with Crippen LogP contribution >= 0.6 is 0 Å². The van der Waals surface area contributed by atoms with Crippen molar-refractivity contribution in [2.75, 3.05) is 18.0 Å². The van der Waals surface area contributed by atoms with Gasteiger partial charge in [-0.15, -0.1) is 0 Å². The van der Waals surface area contributed by atoms with Gasteiger partial charge in [0.05, 0.1) is 12.2 Å². The van der Waals surface area contributed by atoms with E-state index in [9.17, 15) is 9.90 Å². The van der Waals surface area contributed by atoms with E-state index >= 15 is 0 Å². The lowest BCUT2D eigenvalue weighted by Crippen LogP contribution is -2.35. The zero-order valence-electron chi connectivity index (χ0n) is 13.6. The summed E-state index contributed by atoms with van der Waals surface area (Å²) in [6.07, 6.45) is 4.56. The second-order valence-electron chi connectivity index (χ2n) is 6.27. The minimum Gasteiger partial charge on any atom is -0.478 e. The molecule has 5 heteroatoms. The molecule has 1 saturated heterocycles. The van der Waals surface area contributed by atoms with E-state index in [4.69, 9.17) is 5.11 Å². The lowest BCUT2D eigenvalue weighted by molar-refractivity contribution is 0.0696. The molecular weight excluding hydrogens is 304 g/mol. The van der Waals surface area contributed by atoms with Crippen molar-refractivity contribution in [3.8, 4) is 0 Å². The smallest absolute Gasteiger partial charge is 0.337 e. The van der Waals surface area contributed by atoms with Gasteiger partial charge in [0.15, 0.2) is 0 Å². The minimum absolute atomic E-state index is 0.0921. The van der Waals surface area contributed by atoms with Crippen molar-refractivity contribution in [1.29, 1.82) is 0 Å². The highest BCUT2D eigenvalue weighted by Crippen LogP contribution is 2.26. The first-order valence-corrected chi connectivity index (χ1v) is 8.29. The second kappa shape index (κ2) is 7.45. The number of aromatic carboxylic acids is 1. The number of carboxylic acids is 1. The molecule has 0 unspecified atom stereocenters. The molecule has 0 atom stereocenters. The molecule has 1 fully saturated rings. The zero-order chi connectivity index (χ0) is 16.9. The second-order valence-corrected chi connectivity index (χ2v) is 6.27. The number of aliphatic hydroxyl groups excluding tert-OH is 1. The molecule has 1 aliphatic rings. The van der Waals surface area contributed by atoms with Crippen LogP contribution in [0.3, 0.4) is 0 Å². The van der Waals surface area contributed by atoms with Gasteiger partial charge >= 0.3 is 5.97 Å². The molecule has 0 aliphatic carbocycles. The van der Waals surface area contributed by atoms with Crippen LogP contribution in [0.15, 0.2) is 42.6 Å². The maximum atomic E-state index is 10.9. The number of aromatic nitrogens is 1. The number of pyridine rings is 1. The zero-order valence-corrected chi connectivity index (χ0v) is 13.6. The number of benzene rings is 1. The minimum atomic E-state index is -0.949. The summed E-state index contributed by atoms with van der Waals surface area (Å²) in [5, 5.41) is 18.4. The lowest BCUT2D eigenvalue weighted by Gasteiger charge is -2.33. The Morgan fingerprint density at radius 3 is 2.42 bits per heavy atom. The molecule has 2 aromatic rings. The van der Waals surface area contributed by atoms with Crippen molar-refractivity contribution in [2.45, 2.75) is 25.9 Å². The summed E-state index contributed by atoms with van der Waals surface area (Å²) in [5.74, 6) is 0.497. The standard InChI is InChI=1S/C19H22N2O3/c22-13-17-4-2-1-3-15(17)11-14-7-9-21(10-8-14)18-6-5-16(12-20-18)19(23)24/h1-6,12,14,22H,7-11,13H2,(H,23,24). The Bertz CT molecular complexity index is 692. The van der Waals surface area contributed by atoms with Gasteiger partial charge in [-0.3, -0.25) is 0 Å². The third-order valence-corrected chi connectivity index (χ3v) is 4.73. The summed E-state index contributed by atoms with van der Waals surface area (Å²) in [7, 11) is 0. The normalized spacial score (nSPS) is 15.5. The number of carboxylic acid groups (broad SMARTS) is 1. The summed E-state index contributed by atoms with van der Waals surface area (Å²) in [4.78, 5) is 17.4. The van der Waals surface area contributed by atoms with Crippen LogP contribution in [-0.2, 0) is 13.0 Å². The van der Waals surface area contributed by atoms with Crippen molar-refractivity contribution in [3.63, 3.8) is 0 Å². The predicted octanol–water partition coefficient (Wildman–Crippen LogP) is 2.73. The van der Waals surface area contributed by atoms with Gasteiger partial charge in [-0.05, 0) is 48.4 Å². The molecule has 2 N–H and O–H groups in total. The van der Waals surface area contributed by atoms with Crippen molar-refractivity contribution >= 4 is 11.8 Å². The van der Waals surface area contributed by atoms with E-state index in [1.165, 1.54) is 11.8 Å². The Labute approximate surface area is 141 Å². The first-order chi connectivity index (χ1) is 11.7. The average molecular weight is 326 g/mol. The number of hydrogen-bond acceptors (Lipinski definition) is 4. The van der Waals surface area contributed by atoms with Crippen LogP contribution < -0.4 is 4.90 Å². The fourth-order valence-electron chi connectivity index (χ4n) is 3.29. The number of piperidine rings is 1. The first kappa shape index (κ1) is 16.5. The quantitative estimate of drug-likeness (QED) is 0.884. The molecule has 1 aromatic carbocycles. The molecule has 2 heterocycles. The van der Waals surface area contributed by atoms with Gasteiger partial charge in [0.1, 0.15) is 5.82 Å². The number of hydrogen-bond donors (Lipinski definition) is 2. The summed E-state index contributed by atoms with van der Waals surface area (Å²) in [6.45, 7) is 1.94. The van der Waals surface area contributed by atoms with Gasteiger partial charge in [-0.2, -0.15) is 0 Å². The summed E-state index contributed by atoms with van der Waals surface area (Å²) < 4.78 is 0. The number of aliphatic hydroxyl groups is 1. The molecule has 0 amide bonds. The highest BCUT2D eigenvalue weighted by atomic mass is 16.4. The van der Waals surface area contributed by atoms with Crippen LogP contribution in [0.5, 0.6) is 0 Å². The summed E-state index contributed by atoms with van der Waals surface area (Å²) in [6, 6.07) is 11.5. The highest BCUT2D eigenvalue weighted by Gasteiger charge is 2.21. The molecule has 126 valence electrons. The molecule has 0 saturated carbocycles. The summed E-state index contributed by atoms with van der Waals surface area (Å²) in [5.41, 5.74) is 2.47. The lowest BCUT2D eigenvalue weighted by atomic mass is 9.88. The fraction of sp³-hybridized carbons (Fsp3) is 0.368. The molecule has 0 radical (unpaired) electrons. The molecule has 24 heavy (non-hydrogen) atoms. The molecule has 3 rings (SSSR count). The predicted molar refractivity (Wildman–Crippen MR) is 92.2 cm³/mol. The Morgan fingerprint density at radius 2 is 1.83 bits per heavy atom. The topological polar surface area (TPSA) is 73.7 Å². The summed E-state index contributed by atoms with van der Waals surface area (Å²) >= 11 is 0. The van der Waals surface area contributed by atoms with Gasteiger partial charge < -0.3 is 15.1 Å². The van der Waals surface area contributed by atoms with E-state index in [1.807, 2.05) is 18.2 Å². The molecule has 0 spiro atoms. The van der Waals surface area contributed by atoms with Crippen molar-refractivity contribution < 1.29 is 15.0 Å². The van der Waals surface area contributed by atoms with Gasteiger partial charge in [-0.25, -0.2) is 9.78 Å². The Morgan fingerprint density at radius 1 is 1.12 bits per heavy atom. The van der Waals surface area contributed by atoms with Crippen molar-refractivity contribution in [3.05, 3.63) is 59.3 Å². The number of nitrogens with zero attached hydrogens (tertiary/aromatic N) is 2. The van der Waals surface area contributed by atoms with Gasteiger partial charge in [0.25, 0.3) is 0 Å². The molecule has 0 bridgehead atoms. The van der Waals surface area contributed by atoms with Crippen LogP contribution in [0.25, 0.3) is 0 Å². The Kier molecular flexibility index (Phi) is 5.11. The molecular formula is C19H22N2O3. The number of carbonyl (C=O) groups is 1. The van der Waals surface area contributed by atoms with E-state index in [2.05, 4.69) is 16.0 Å². The van der Waals surface area contributed by atoms with Gasteiger partial charge in [0.2, 0.25) is 0 Å². The molecule has 5 nitrogen and oxygen atoms in total. The van der Waals surface area contributed by atoms with E-state index in [0.717, 1.165) is 43.7 Å². The third-order valence-electron chi connectivity index (χ3n) is 4.73. The van der Waals surface area contributed by atoms with Crippen LogP contribution in [0.4, 0.5) is 5.82 Å². The maximum Gasteiger partial charge on any atom is 0.337 e. The molecule has 1 aromatic heterocycles. The average Bonchev–Trinajstić information content (AvgIpc) is 2.63. The van der Waals surface area contributed by atoms with Crippen LogP contribution in [0, 0.1) is 5.92 Å². The SMILES string of the molecule is O=C(O)c1ccc(N2CCC(Cc3ccccc3CO)CC2)nc1. The first-order valence-electron chi connectivity index (χ1n) is 8.29. The Balaban J connectivity index is 1.58. The van der Waals surface area contributed by atoms with Gasteiger partial charge in [-0.1, -0.05) is 24.3 Å². The highest BCUT2D eigenvalue weighted by molar-refractivity contribution is 5.87. The van der Waals surface area contributed by atoms with Crippen LogP contribution in [-0.4, -0.2) is 34.3 Å². The van der Waals surface area contributed by atoms with Gasteiger partial charge in [0, 0.05) is 19.3 Å². The number of anilines is 1. The van der Waals surface area contributed by atoms with E-state index < -0.39 is 5.97 Å². The van der Waals surface area contributed by atoms with Crippen molar-refractivity contribution in [1.82, 2.24) is 4.98 Å². The molecule has 1 aliphatic heterocycles. The van der Waals surface area contributed by atoms with Crippen LogP contribution in [0.2, 0.25) is 0 Å². The number of rotatable bonds is 5. The van der Waals surface area contributed by atoms with Crippen LogP contribution in [0.1, 0.15) is 34.3 Å². The monoisotopic (exact) mass is 326 g/mol. The van der Waals surface area contributed by atoms with Crippen molar-refractivity contribution in [2.24, 2.45) is 5.92 Å². The van der Waals surface area contributed by atoms with E-state index in [-0.39, 0.29) is 12.2 Å². The third kappa shape index (κ3) is 3.74. The Hall–Kier alpha value is -2.40. The maximum absolute atomic E-state index is 10.9. The van der Waals surface area contributed by atoms with E-state index in [1.54, 1.807) is 12.1 Å². The fourth-order valence-corrected chi connectivity index (χ4v) is 3.29. The van der Waals surface area contributed by atoms with E-state index in [0.29, 0.717) is 5.92 Å².